The van der Waals surface area contributed by atoms with Crippen molar-refractivity contribution >= 4 is 0 Å². The molecule has 1 heterocycles. The number of imidazole rings is 1. The Kier molecular flexibility index (Phi) is 1.81. The van der Waals surface area contributed by atoms with Crippen LogP contribution in [0.15, 0.2) is 30.7 Å². The Hall–Kier alpha value is -1.71. The van der Waals surface area contributed by atoms with Gasteiger partial charge in [0.25, 0.3) is 0 Å². The van der Waals surface area contributed by atoms with Crippen LogP contribution in [0.3, 0.4) is 0 Å². The molecular formula is C9H6F2N2. The van der Waals surface area contributed by atoms with Gasteiger partial charge >= 0.3 is 0 Å². The van der Waals surface area contributed by atoms with Crippen LogP contribution in [0.4, 0.5) is 8.78 Å². The van der Waals surface area contributed by atoms with Gasteiger partial charge in [0.1, 0.15) is 11.6 Å². The van der Waals surface area contributed by atoms with Gasteiger partial charge in [0.2, 0.25) is 0 Å². The lowest BCUT2D eigenvalue weighted by Crippen LogP contribution is -1.85. The molecule has 0 aliphatic heterocycles. The van der Waals surface area contributed by atoms with Crippen LogP contribution in [0.25, 0.3) is 11.3 Å². The lowest BCUT2D eigenvalue weighted by molar-refractivity contribution is 0.585. The number of rotatable bonds is 1. The topological polar surface area (TPSA) is 28.7 Å². The Balaban J connectivity index is 2.53. The predicted molar refractivity (Wildman–Crippen MR) is 43.9 cm³/mol. The minimum atomic E-state index is -0.593. The smallest absolute Gasteiger partial charge is 0.135 e. The molecule has 0 atom stereocenters. The number of nitrogens with one attached hydrogen (secondary N) is 1. The third kappa shape index (κ3) is 1.42. The van der Waals surface area contributed by atoms with Crippen LogP contribution in [0.2, 0.25) is 0 Å². The molecule has 1 aromatic carbocycles. The molecule has 2 nitrogen and oxygen atoms in total. The predicted octanol–water partition coefficient (Wildman–Crippen LogP) is 2.35. The number of hydrogen-bond donors (Lipinski definition) is 1. The molecule has 13 heavy (non-hydrogen) atoms. The normalized spacial score (nSPS) is 10.3. The number of H-pyrrole nitrogens is 1. The first-order valence-corrected chi connectivity index (χ1v) is 3.71. The fourth-order valence-corrected chi connectivity index (χ4v) is 1.11. The van der Waals surface area contributed by atoms with Crippen LogP contribution in [-0.2, 0) is 0 Å². The summed E-state index contributed by atoms with van der Waals surface area (Å²) in [6.45, 7) is 0. The van der Waals surface area contributed by atoms with Crippen molar-refractivity contribution in [2.45, 2.75) is 0 Å². The molecule has 0 amide bonds. The fourth-order valence-electron chi connectivity index (χ4n) is 1.11. The standard InChI is InChI=1S/C9H6F2N2/c10-6-1-2-7(8(11)3-6)9-4-12-5-13-9/h1-5H,(H,12,13). The van der Waals surface area contributed by atoms with Crippen molar-refractivity contribution in [3.8, 4) is 11.3 Å². The van der Waals surface area contributed by atoms with Crippen molar-refractivity contribution in [3.63, 3.8) is 0 Å². The van der Waals surface area contributed by atoms with E-state index in [1.54, 1.807) is 0 Å². The summed E-state index contributed by atoms with van der Waals surface area (Å²) in [4.78, 5) is 6.49. The number of halogens is 2. The average Bonchev–Trinajstić information content (AvgIpc) is 2.56. The van der Waals surface area contributed by atoms with Gasteiger partial charge in [0.15, 0.2) is 0 Å². The third-order valence-electron chi connectivity index (χ3n) is 1.72. The molecule has 0 spiro atoms. The van der Waals surface area contributed by atoms with E-state index in [0.717, 1.165) is 6.07 Å². The van der Waals surface area contributed by atoms with Crippen LogP contribution in [0.5, 0.6) is 0 Å². The van der Waals surface area contributed by atoms with E-state index in [1.165, 1.54) is 24.7 Å². The largest absolute Gasteiger partial charge is 0.345 e. The van der Waals surface area contributed by atoms with Gasteiger partial charge in [-0.2, -0.15) is 0 Å². The minimum absolute atomic E-state index is 0.318. The molecule has 2 aromatic rings. The molecule has 2 rings (SSSR count). The molecule has 66 valence electrons. The van der Waals surface area contributed by atoms with Crippen LogP contribution < -0.4 is 0 Å². The van der Waals surface area contributed by atoms with Crippen molar-refractivity contribution in [2.75, 3.05) is 0 Å². The summed E-state index contributed by atoms with van der Waals surface area (Å²) in [5, 5.41) is 0. The molecule has 0 fully saturated rings. The summed E-state index contributed by atoms with van der Waals surface area (Å²) in [7, 11) is 0. The van der Waals surface area contributed by atoms with E-state index in [9.17, 15) is 8.78 Å². The molecule has 1 N–H and O–H groups in total. The monoisotopic (exact) mass is 180 g/mol. The van der Waals surface area contributed by atoms with Gasteiger partial charge in [0, 0.05) is 11.6 Å². The SMILES string of the molecule is Fc1ccc(-c2cnc[nH]2)c(F)c1. The zero-order valence-electron chi connectivity index (χ0n) is 6.59. The highest BCUT2D eigenvalue weighted by molar-refractivity contribution is 5.58. The maximum absolute atomic E-state index is 13.1. The summed E-state index contributed by atoms with van der Waals surface area (Å²) in [6.07, 6.45) is 2.93. The molecule has 0 saturated heterocycles. The Morgan fingerprint density at radius 3 is 2.69 bits per heavy atom. The summed E-state index contributed by atoms with van der Waals surface area (Å²) in [6, 6.07) is 3.42. The molecule has 0 radical (unpaired) electrons. The molecule has 4 heteroatoms. The number of nitrogens with zero attached hydrogens (tertiary/aromatic N) is 1. The van der Waals surface area contributed by atoms with Crippen molar-refractivity contribution in [2.24, 2.45) is 0 Å². The summed E-state index contributed by atoms with van der Waals surface area (Å²) in [5.74, 6) is -1.18. The zero-order chi connectivity index (χ0) is 9.26. The summed E-state index contributed by atoms with van der Waals surface area (Å²) >= 11 is 0. The van der Waals surface area contributed by atoms with Crippen LogP contribution >= 0.6 is 0 Å². The molecule has 1 aromatic heterocycles. The first-order valence-electron chi connectivity index (χ1n) is 3.71. The van der Waals surface area contributed by atoms with E-state index in [0.29, 0.717) is 11.3 Å². The van der Waals surface area contributed by atoms with Crippen LogP contribution in [0.1, 0.15) is 0 Å². The van der Waals surface area contributed by atoms with E-state index in [4.69, 9.17) is 0 Å². The second-order valence-corrected chi connectivity index (χ2v) is 2.59. The molecule has 0 aliphatic carbocycles. The van der Waals surface area contributed by atoms with Crippen molar-refractivity contribution in [1.82, 2.24) is 9.97 Å². The Bertz CT molecular complexity index is 410. The fraction of sp³-hybridized carbons (Fsp3) is 0. The van der Waals surface area contributed by atoms with E-state index >= 15 is 0 Å². The van der Waals surface area contributed by atoms with Gasteiger partial charge in [-0.1, -0.05) is 0 Å². The molecule has 0 aliphatic rings. The Labute approximate surface area is 73.2 Å². The number of hydrogen-bond acceptors (Lipinski definition) is 1. The van der Waals surface area contributed by atoms with E-state index in [-0.39, 0.29) is 0 Å². The first-order chi connectivity index (χ1) is 6.27. The van der Waals surface area contributed by atoms with Gasteiger partial charge in [-0.3, -0.25) is 0 Å². The van der Waals surface area contributed by atoms with Gasteiger partial charge in [-0.25, -0.2) is 13.8 Å². The Morgan fingerprint density at radius 1 is 1.23 bits per heavy atom. The van der Waals surface area contributed by atoms with Crippen molar-refractivity contribution < 1.29 is 8.78 Å². The summed E-state index contributed by atoms with van der Waals surface area (Å²) < 4.78 is 25.6. The second-order valence-electron chi connectivity index (χ2n) is 2.59. The molecule has 0 saturated carbocycles. The van der Waals surface area contributed by atoms with Crippen molar-refractivity contribution in [1.29, 1.82) is 0 Å². The quantitative estimate of drug-likeness (QED) is 0.716. The minimum Gasteiger partial charge on any atom is -0.345 e. The van der Waals surface area contributed by atoms with Gasteiger partial charge in [-0.15, -0.1) is 0 Å². The van der Waals surface area contributed by atoms with Crippen LogP contribution in [0, 0.1) is 11.6 Å². The lowest BCUT2D eigenvalue weighted by Gasteiger charge is -1.98. The highest BCUT2D eigenvalue weighted by atomic mass is 19.1. The maximum atomic E-state index is 13.1. The Morgan fingerprint density at radius 2 is 2.08 bits per heavy atom. The maximum Gasteiger partial charge on any atom is 0.135 e. The van der Waals surface area contributed by atoms with Gasteiger partial charge in [0.05, 0.1) is 18.2 Å². The number of aromatic amines is 1. The van der Waals surface area contributed by atoms with E-state index in [2.05, 4.69) is 9.97 Å². The highest BCUT2D eigenvalue weighted by Crippen LogP contribution is 2.20. The average molecular weight is 180 g/mol. The summed E-state index contributed by atoms with van der Waals surface area (Å²) in [5.41, 5.74) is 0.858. The van der Waals surface area contributed by atoms with E-state index < -0.39 is 11.6 Å². The number of aromatic nitrogens is 2. The second kappa shape index (κ2) is 2.97. The zero-order valence-corrected chi connectivity index (χ0v) is 6.59. The third-order valence-corrected chi connectivity index (χ3v) is 1.72. The van der Waals surface area contributed by atoms with Crippen molar-refractivity contribution in [3.05, 3.63) is 42.4 Å². The van der Waals surface area contributed by atoms with Crippen LogP contribution in [-0.4, -0.2) is 9.97 Å². The molecule has 0 unspecified atom stereocenters. The molecule has 0 bridgehead atoms. The first kappa shape index (κ1) is 7.91. The lowest BCUT2D eigenvalue weighted by atomic mass is 10.1. The van der Waals surface area contributed by atoms with E-state index in [1.807, 2.05) is 0 Å². The highest BCUT2D eigenvalue weighted by Gasteiger charge is 2.06. The molecular weight excluding hydrogens is 174 g/mol. The van der Waals surface area contributed by atoms with Gasteiger partial charge in [-0.05, 0) is 12.1 Å². The van der Waals surface area contributed by atoms with Gasteiger partial charge < -0.3 is 4.98 Å². The number of benzene rings is 1.